The average Bonchev–Trinajstić information content (AvgIpc) is 4.01. The van der Waals surface area contributed by atoms with E-state index in [9.17, 15) is 14.4 Å². The molecule has 1 spiro atoms. The van der Waals surface area contributed by atoms with Gasteiger partial charge in [0.2, 0.25) is 22.8 Å². The molecule has 12 rings (SSSR count). The van der Waals surface area contributed by atoms with E-state index in [0.717, 1.165) is 56.0 Å². The monoisotopic (exact) mass is 816 g/mol. The first-order valence-corrected chi connectivity index (χ1v) is 22.6. The Labute approximate surface area is 354 Å². The Morgan fingerprint density at radius 2 is 0.984 bits per heavy atom. The van der Waals surface area contributed by atoms with Gasteiger partial charge in [-0.2, -0.15) is 9.13 Å². The van der Waals surface area contributed by atoms with Crippen LogP contribution in [0.1, 0.15) is 78.1 Å². The summed E-state index contributed by atoms with van der Waals surface area (Å²) in [5, 5.41) is 2.15. The third kappa shape index (κ3) is 4.48. The van der Waals surface area contributed by atoms with E-state index < -0.39 is 13.5 Å². The van der Waals surface area contributed by atoms with Crippen LogP contribution in [0.5, 0.6) is 0 Å². The maximum Gasteiger partial charge on any atom is 0.553 e. The molecule has 0 fully saturated rings. The molecule has 0 aliphatic carbocycles. The van der Waals surface area contributed by atoms with Gasteiger partial charge in [0.15, 0.2) is 0 Å². The number of nitrogens with zero attached hydrogens (tertiary/aromatic N) is 4. The standard InChI is InChI=1S/C53H43N4O3P/c1-28-9-14-38(31(4)23-28)50-41-17-15-39-49(36-10-12-37(13-11-36)61(58,59)60)40-16-19-43-51(47-32(5)24-29(2)25-33(47)6)45-21-22-46-52(48-34(7)26-30(3)27-35(48)8)44-20-18-42(50)56(44)53(54(39)41,55(40)43)57(45)46/h9-27H,1-8H3/p+2/t53-/m0/s1. The molecule has 8 heterocycles. The maximum atomic E-state index is 12.4. The summed E-state index contributed by atoms with van der Waals surface area (Å²) in [6.45, 7) is 17.7. The van der Waals surface area contributed by atoms with Crippen molar-refractivity contribution >= 4 is 46.6 Å². The van der Waals surface area contributed by atoms with E-state index >= 15 is 0 Å². The molecular formula is C53H45N4O3P+2. The summed E-state index contributed by atoms with van der Waals surface area (Å²) in [6, 6.07) is 32.1. The summed E-state index contributed by atoms with van der Waals surface area (Å²) in [5.41, 5.74) is 25.8. The third-order valence-electron chi connectivity index (χ3n) is 13.8. The summed E-state index contributed by atoms with van der Waals surface area (Å²) in [5.74, 6) is -0.936. The molecule has 4 aromatic carbocycles. The molecule has 0 amide bonds. The lowest BCUT2D eigenvalue weighted by Crippen LogP contribution is -2.71. The van der Waals surface area contributed by atoms with E-state index in [4.69, 9.17) is 0 Å². The number of hydrogen-bond donors (Lipinski definition) is 2. The first kappa shape index (κ1) is 36.5. The van der Waals surface area contributed by atoms with E-state index in [2.05, 4.69) is 165 Å². The van der Waals surface area contributed by atoms with E-state index in [1.54, 1.807) is 12.1 Å². The first-order chi connectivity index (χ1) is 29.2. The number of allylic oxidation sites excluding steroid dienone is 4. The normalized spacial score (nSPS) is 19.0. The van der Waals surface area contributed by atoms with Gasteiger partial charge in [-0.3, -0.25) is 4.57 Å². The minimum absolute atomic E-state index is 0.00482. The summed E-state index contributed by atoms with van der Waals surface area (Å²) in [4.78, 5) is 20.3. The lowest BCUT2D eigenvalue weighted by atomic mass is 9.87. The minimum atomic E-state index is -4.46. The van der Waals surface area contributed by atoms with E-state index in [-0.39, 0.29) is 5.30 Å². The van der Waals surface area contributed by atoms with Crippen molar-refractivity contribution in [1.29, 1.82) is 0 Å². The summed E-state index contributed by atoms with van der Waals surface area (Å²) in [7, 11) is -4.46. The van der Waals surface area contributed by atoms with Crippen molar-refractivity contribution in [2.24, 2.45) is 0 Å². The molecule has 6 aromatic rings. The highest BCUT2D eigenvalue weighted by Gasteiger charge is 2.73. The molecule has 0 radical (unpaired) electrons. The van der Waals surface area contributed by atoms with Crippen LogP contribution in [0.25, 0.3) is 22.3 Å². The van der Waals surface area contributed by atoms with Gasteiger partial charge in [-0.1, -0.05) is 80.4 Å². The largest absolute Gasteiger partial charge is 0.553 e. The third-order valence-corrected chi connectivity index (χ3v) is 14.7. The van der Waals surface area contributed by atoms with Gasteiger partial charge in [0.25, 0.3) is 0 Å². The van der Waals surface area contributed by atoms with Crippen LogP contribution in [0.2, 0.25) is 0 Å². The number of aromatic nitrogens is 2. The van der Waals surface area contributed by atoms with Crippen molar-refractivity contribution in [3.63, 3.8) is 0 Å². The van der Waals surface area contributed by atoms with E-state index in [0.29, 0.717) is 0 Å². The molecule has 1 atom stereocenters. The van der Waals surface area contributed by atoms with Crippen molar-refractivity contribution in [3.05, 3.63) is 216 Å². The SMILES string of the molecule is Cc1ccc(C2=C3C=CC4=[N+]3[C@]35n6c2ccc6C(c2c(C)cc(C)cc2C)=C2C=CC(=[N+]23)C(c2c(C)cc(C)cc2C)=c2ccc(n25)=C4c2ccc(P(=O)(O)O)cc2)c(C)c1. The van der Waals surface area contributed by atoms with Crippen LogP contribution in [0, 0.1) is 55.4 Å². The number of rotatable bonds is 5. The Hall–Kier alpha value is -6.37. The smallest absolute Gasteiger partial charge is 0.321 e. The van der Waals surface area contributed by atoms with Gasteiger partial charge in [0.1, 0.15) is 0 Å². The maximum absolute atomic E-state index is 12.4. The van der Waals surface area contributed by atoms with E-state index in [1.165, 1.54) is 77.9 Å². The number of benzene rings is 4. The second kappa shape index (κ2) is 11.9. The van der Waals surface area contributed by atoms with Gasteiger partial charge in [-0.25, -0.2) is 0 Å². The van der Waals surface area contributed by atoms with Crippen LogP contribution < -0.4 is 16.0 Å². The molecule has 298 valence electrons. The second-order valence-electron chi connectivity index (χ2n) is 17.8. The minimum Gasteiger partial charge on any atom is -0.321 e. The van der Waals surface area contributed by atoms with E-state index in [1.807, 2.05) is 12.1 Å². The highest BCUT2D eigenvalue weighted by atomic mass is 31.2. The Morgan fingerprint density at radius 1 is 0.492 bits per heavy atom. The summed E-state index contributed by atoms with van der Waals surface area (Å²) < 4.78 is 22.8. The summed E-state index contributed by atoms with van der Waals surface area (Å²) >= 11 is 0. The fourth-order valence-corrected chi connectivity index (χ4v) is 12.4. The fourth-order valence-electron chi connectivity index (χ4n) is 11.9. The lowest BCUT2D eigenvalue weighted by Gasteiger charge is -2.41. The van der Waals surface area contributed by atoms with Gasteiger partial charge in [-0.15, -0.1) is 0 Å². The van der Waals surface area contributed by atoms with Crippen LogP contribution in [0.3, 0.4) is 0 Å². The van der Waals surface area contributed by atoms with Crippen LogP contribution in [-0.4, -0.2) is 39.5 Å². The molecule has 61 heavy (non-hydrogen) atoms. The molecule has 0 unspecified atom stereocenters. The zero-order chi connectivity index (χ0) is 42.2. The molecular weight excluding hydrogens is 772 g/mol. The van der Waals surface area contributed by atoms with Gasteiger partial charge in [0, 0.05) is 24.3 Å². The van der Waals surface area contributed by atoms with Crippen LogP contribution in [-0.2, 0) is 10.5 Å². The molecule has 2 N–H and O–H groups in total. The zero-order valence-electron chi connectivity index (χ0n) is 35.5. The van der Waals surface area contributed by atoms with Gasteiger partial charge in [0.05, 0.1) is 49.7 Å². The highest BCUT2D eigenvalue weighted by molar-refractivity contribution is 7.60. The lowest BCUT2D eigenvalue weighted by molar-refractivity contribution is -0.834. The van der Waals surface area contributed by atoms with Gasteiger partial charge >= 0.3 is 13.5 Å². The molecule has 0 saturated carbocycles. The predicted octanol–water partition coefficient (Wildman–Crippen LogP) is 7.69. The van der Waals surface area contributed by atoms with Gasteiger partial charge < -0.3 is 9.79 Å². The highest BCUT2D eigenvalue weighted by Crippen LogP contribution is 2.54. The molecule has 2 aromatic heterocycles. The topological polar surface area (TPSA) is 73.4 Å². The Bertz CT molecular complexity index is 3490. The van der Waals surface area contributed by atoms with Gasteiger partial charge in [-0.05, 0) is 142 Å². The fraction of sp³-hybridized carbons (Fsp3) is 0.170. The van der Waals surface area contributed by atoms with Crippen molar-refractivity contribution in [1.82, 2.24) is 9.13 Å². The van der Waals surface area contributed by atoms with Crippen molar-refractivity contribution in [2.75, 3.05) is 0 Å². The number of hydrogen-bond acceptors (Lipinski definition) is 1. The first-order valence-electron chi connectivity index (χ1n) is 21.0. The second-order valence-corrected chi connectivity index (χ2v) is 19.4. The Kier molecular flexibility index (Phi) is 7.13. The average molecular weight is 817 g/mol. The predicted molar refractivity (Wildman–Crippen MR) is 243 cm³/mol. The Morgan fingerprint density at radius 3 is 1.54 bits per heavy atom. The molecule has 8 heteroatoms. The quantitative estimate of drug-likeness (QED) is 0.139. The molecule has 0 bridgehead atoms. The Balaban J connectivity index is 1.33. The molecule has 6 aliphatic heterocycles. The zero-order valence-corrected chi connectivity index (χ0v) is 36.4. The number of aryl methyl sites for hydroxylation is 8. The van der Waals surface area contributed by atoms with Crippen molar-refractivity contribution in [2.45, 2.75) is 61.3 Å². The van der Waals surface area contributed by atoms with Crippen molar-refractivity contribution in [3.8, 4) is 0 Å². The molecule has 6 aliphatic rings. The van der Waals surface area contributed by atoms with Crippen molar-refractivity contribution < 1.29 is 23.5 Å². The van der Waals surface area contributed by atoms with Crippen LogP contribution in [0.15, 0.2) is 127 Å². The van der Waals surface area contributed by atoms with Crippen LogP contribution in [0.4, 0.5) is 0 Å². The molecule has 0 saturated heterocycles. The van der Waals surface area contributed by atoms with Crippen LogP contribution >= 0.6 is 7.60 Å². The molecule has 7 nitrogen and oxygen atoms in total. The summed E-state index contributed by atoms with van der Waals surface area (Å²) in [6.07, 6.45) is 9.25.